The molecule has 0 spiro atoms. The van der Waals surface area contributed by atoms with E-state index in [0.29, 0.717) is 0 Å². The van der Waals surface area contributed by atoms with E-state index in [1.54, 1.807) is 0 Å². The highest BCUT2D eigenvalue weighted by atomic mass is 31.0. The van der Waals surface area contributed by atoms with Crippen molar-refractivity contribution in [1.82, 2.24) is 0 Å². The van der Waals surface area contributed by atoms with Gasteiger partial charge >= 0.3 is 0 Å². The van der Waals surface area contributed by atoms with E-state index in [9.17, 15) is 10.2 Å². The summed E-state index contributed by atoms with van der Waals surface area (Å²) in [5.41, 5.74) is 5.26. The second kappa shape index (κ2) is 5.17. The topological polar surface area (TPSA) is 116 Å². The van der Waals surface area contributed by atoms with Gasteiger partial charge in [0.2, 0.25) is 0 Å². The Labute approximate surface area is 78.9 Å². The number of ether oxygens (including phenoxy) is 1. The Hall–Kier alpha value is 0.190. The first-order valence-corrected chi connectivity index (χ1v) is 3.64. The molecule has 1 rings (SSSR count). The minimum Gasteiger partial charge on any atom is -0.394 e. The summed E-state index contributed by atoms with van der Waals surface area (Å²) in [4.78, 5) is 0. The summed E-state index contributed by atoms with van der Waals surface area (Å²) in [5.74, 6) is 0. The first-order chi connectivity index (χ1) is 5.57. The average molecular weight is 213 g/mol. The van der Waals surface area contributed by atoms with Crippen LogP contribution in [0, 0.1) is 0 Å². The second-order valence-corrected chi connectivity index (χ2v) is 2.81. The highest BCUT2D eigenvalue weighted by Crippen LogP contribution is 2.17. The van der Waals surface area contributed by atoms with E-state index in [1.807, 2.05) is 0 Å². The molecule has 6 nitrogen and oxygen atoms in total. The number of rotatable bonds is 1. The van der Waals surface area contributed by atoms with Crippen molar-refractivity contribution < 1.29 is 25.2 Å². The van der Waals surface area contributed by atoms with Gasteiger partial charge in [-0.3, -0.25) is 0 Å². The maximum absolute atomic E-state index is 9.20. The van der Waals surface area contributed by atoms with Crippen LogP contribution < -0.4 is 5.73 Å². The third-order valence-corrected chi connectivity index (χ3v) is 1.95. The molecule has 1 unspecified atom stereocenters. The molecule has 6 atom stereocenters. The van der Waals surface area contributed by atoms with Crippen LogP contribution in [0.15, 0.2) is 0 Å². The van der Waals surface area contributed by atoms with Gasteiger partial charge in [0.1, 0.15) is 18.3 Å². The van der Waals surface area contributed by atoms with Crippen LogP contribution in [0.25, 0.3) is 0 Å². The highest BCUT2D eigenvalue weighted by molar-refractivity contribution is 6.92. The fraction of sp³-hybridized carbons (Fsp3) is 1.00. The first-order valence-electron chi connectivity index (χ1n) is 3.64. The van der Waals surface area contributed by atoms with Gasteiger partial charge < -0.3 is 30.9 Å². The fourth-order valence-corrected chi connectivity index (χ4v) is 1.12. The quantitative estimate of drug-likeness (QED) is 0.293. The van der Waals surface area contributed by atoms with Crippen LogP contribution in [0.1, 0.15) is 0 Å². The van der Waals surface area contributed by atoms with Crippen LogP contribution in [-0.2, 0) is 4.74 Å². The number of hydrogen-bond donors (Lipinski definition) is 5. The monoisotopic (exact) mass is 213 g/mol. The Morgan fingerprint density at radius 2 is 1.69 bits per heavy atom. The molecule has 1 aliphatic heterocycles. The average Bonchev–Trinajstić information content (AvgIpc) is 2.08. The van der Waals surface area contributed by atoms with E-state index >= 15 is 0 Å². The van der Waals surface area contributed by atoms with Gasteiger partial charge in [0.05, 0.1) is 12.6 Å². The second-order valence-electron chi connectivity index (χ2n) is 2.81. The van der Waals surface area contributed by atoms with Crippen molar-refractivity contribution in [3.05, 3.63) is 0 Å². The predicted octanol–water partition coefficient (Wildman–Crippen LogP) is -3.20. The van der Waals surface area contributed by atoms with Crippen molar-refractivity contribution in [3.8, 4) is 0 Å². The van der Waals surface area contributed by atoms with Crippen LogP contribution in [0.2, 0.25) is 0 Å². The molecule has 0 bridgehead atoms. The molecular formula is C6H16NO5P. The summed E-state index contributed by atoms with van der Waals surface area (Å²) in [6.07, 6.45) is -4.85. The third kappa shape index (κ3) is 2.57. The van der Waals surface area contributed by atoms with E-state index in [1.165, 1.54) is 0 Å². The van der Waals surface area contributed by atoms with Crippen molar-refractivity contribution in [2.45, 2.75) is 30.6 Å². The third-order valence-electron chi connectivity index (χ3n) is 1.95. The lowest BCUT2D eigenvalue weighted by Gasteiger charge is -2.38. The van der Waals surface area contributed by atoms with Gasteiger partial charge in [0, 0.05) is 0 Å². The predicted molar refractivity (Wildman–Crippen MR) is 49.1 cm³/mol. The molecule has 0 aromatic carbocycles. The Morgan fingerprint density at radius 3 is 2.15 bits per heavy atom. The Kier molecular flexibility index (Phi) is 5.24. The minimum absolute atomic E-state index is 0. The largest absolute Gasteiger partial charge is 0.394 e. The summed E-state index contributed by atoms with van der Waals surface area (Å²) < 4.78 is 4.70. The minimum atomic E-state index is -1.35. The lowest BCUT2D eigenvalue weighted by Crippen LogP contribution is -2.61. The standard InChI is InChI=1S/C6H13NO5.H3P/c7-3-5(10)4(9)2(1-8)12-6(3)11;/h2-6,8-11H,1,7H2;1H3/t2-,3-,4-,5-,6-;/m1./s1. The highest BCUT2D eigenvalue weighted by Gasteiger charge is 2.41. The normalized spacial score (nSPS) is 45.5. The van der Waals surface area contributed by atoms with E-state index in [-0.39, 0.29) is 9.90 Å². The van der Waals surface area contributed by atoms with Gasteiger partial charge in [0.25, 0.3) is 0 Å². The van der Waals surface area contributed by atoms with E-state index in [2.05, 4.69) is 0 Å². The van der Waals surface area contributed by atoms with Gasteiger partial charge in [-0.2, -0.15) is 9.90 Å². The molecule has 0 aromatic rings. The molecule has 13 heavy (non-hydrogen) atoms. The van der Waals surface area contributed by atoms with Gasteiger partial charge in [-0.1, -0.05) is 0 Å². The molecule has 0 amide bonds. The van der Waals surface area contributed by atoms with E-state index < -0.39 is 37.3 Å². The number of aliphatic hydroxyl groups is 4. The summed E-state index contributed by atoms with van der Waals surface area (Å²) in [5, 5.41) is 36.1. The number of aliphatic hydroxyl groups excluding tert-OH is 4. The molecule has 0 aliphatic carbocycles. The molecule has 1 fully saturated rings. The lowest BCUT2D eigenvalue weighted by molar-refractivity contribution is -0.248. The number of hydrogen-bond acceptors (Lipinski definition) is 6. The molecule has 1 saturated heterocycles. The molecule has 1 aliphatic rings. The summed E-state index contributed by atoms with van der Waals surface area (Å²) in [6, 6.07) is -1.04. The van der Waals surface area contributed by atoms with Crippen molar-refractivity contribution in [3.63, 3.8) is 0 Å². The van der Waals surface area contributed by atoms with Gasteiger partial charge in [-0.25, -0.2) is 0 Å². The van der Waals surface area contributed by atoms with Gasteiger partial charge in [-0.15, -0.1) is 0 Å². The first kappa shape index (κ1) is 13.2. The Balaban J connectivity index is 0.00000144. The molecule has 80 valence electrons. The van der Waals surface area contributed by atoms with Gasteiger partial charge in [0.15, 0.2) is 6.29 Å². The zero-order valence-corrected chi connectivity index (χ0v) is 8.49. The SMILES string of the molecule is N[C@@H]1[C@@H](O)[C@H](O)[C@@H](CO)O[C@H]1O.P. The molecule has 7 heteroatoms. The Bertz CT molecular complexity index is 155. The van der Waals surface area contributed by atoms with E-state index in [4.69, 9.17) is 20.7 Å². The van der Waals surface area contributed by atoms with Crippen LogP contribution in [0.4, 0.5) is 0 Å². The molecule has 0 saturated carbocycles. The molecular weight excluding hydrogens is 197 g/mol. The Morgan fingerprint density at radius 1 is 1.15 bits per heavy atom. The summed E-state index contributed by atoms with van der Waals surface area (Å²) in [6.45, 7) is -0.470. The van der Waals surface area contributed by atoms with Crippen LogP contribution in [0.5, 0.6) is 0 Å². The van der Waals surface area contributed by atoms with Crippen molar-refractivity contribution in [2.75, 3.05) is 6.61 Å². The number of nitrogens with two attached hydrogens (primary N) is 1. The molecule has 0 aromatic heterocycles. The maximum Gasteiger partial charge on any atom is 0.173 e. The van der Waals surface area contributed by atoms with E-state index in [0.717, 1.165) is 0 Å². The van der Waals surface area contributed by atoms with Crippen molar-refractivity contribution in [2.24, 2.45) is 5.73 Å². The van der Waals surface area contributed by atoms with Gasteiger partial charge in [-0.05, 0) is 0 Å². The lowest BCUT2D eigenvalue weighted by atomic mass is 9.98. The zero-order chi connectivity index (χ0) is 9.30. The zero-order valence-electron chi connectivity index (χ0n) is 7.08. The summed E-state index contributed by atoms with van der Waals surface area (Å²) >= 11 is 0. The van der Waals surface area contributed by atoms with Crippen LogP contribution >= 0.6 is 9.90 Å². The van der Waals surface area contributed by atoms with Crippen molar-refractivity contribution >= 4 is 9.90 Å². The van der Waals surface area contributed by atoms with Crippen LogP contribution in [0.3, 0.4) is 0 Å². The maximum atomic E-state index is 9.20. The molecule has 6 N–H and O–H groups in total. The molecule has 0 radical (unpaired) electrons. The molecule has 1 heterocycles. The van der Waals surface area contributed by atoms with Crippen LogP contribution in [-0.4, -0.2) is 57.7 Å². The van der Waals surface area contributed by atoms with Crippen molar-refractivity contribution in [1.29, 1.82) is 0 Å². The summed E-state index contributed by atoms with van der Waals surface area (Å²) in [7, 11) is 0. The smallest absolute Gasteiger partial charge is 0.173 e. The fourth-order valence-electron chi connectivity index (χ4n) is 1.12.